The molecule has 1 unspecified atom stereocenters. The van der Waals surface area contributed by atoms with Gasteiger partial charge in [0.05, 0.1) is 16.7 Å². The Kier molecular flexibility index (Phi) is 7.21. The molecular formula is C28H33NO4. The molecule has 0 aliphatic heterocycles. The quantitative estimate of drug-likeness (QED) is 0.304. The first-order valence-electron chi connectivity index (χ1n) is 11.3. The number of carbonyl (C=O) groups excluding carboxylic acids is 2. The predicted molar refractivity (Wildman–Crippen MR) is 131 cm³/mol. The van der Waals surface area contributed by atoms with Crippen molar-refractivity contribution in [2.75, 3.05) is 7.11 Å². The zero-order valence-corrected chi connectivity index (χ0v) is 20.6. The van der Waals surface area contributed by atoms with E-state index in [0.29, 0.717) is 24.2 Å². The van der Waals surface area contributed by atoms with Gasteiger partial charge in [-0.2, -0.15) is 0 Å². The Balaban J connectivity index is 2.04. The number of nitrogens with zero attached hydrogens (tertiary/aromatic N) is 1. The summed E-state index contributed by atoms with van der Waals surface area (Å²) < 4.78 is 6.03. The Bertz CT molecular complexity index is 1100. The number of ether oxygens (including phenoxy) is 1. The largest absolute Gasteiger partial charge is 0.430 e. The van der Waals surface area contributed by atoms with Gasteiger partial charge in [-0.3, -0.25) is 9.59 Å². The molecule has 174 valence electrons. The molecule has 0 fully saturated rings. The number of aryl methyl sites for hydroxylation is 3. The first-order chi connectivity index (χ1) is 15.6. The molecule has 0 aromatic heterocycles. The molecule has 2 aromatic carbocycles. The molecule has 33 heavy (non-hydrogen) atoms. The van der Waals surface area contributed by atoms with Crippen molar-refractivity contribution in [2.24, 2.45) is 11.1 Å². The first-order valence-corrected chi connectivity index (χ1v) is 11.3. The number of Topliss-reactive ketones (excluding diaryl/α,β-unsaturated/α-hetero) is 1. The zero-order valence-electron chi connectivity index (χ0n) is 20.6. The highest BCUT2D eigenvalue weighted by Gasteiger charge is 2.40. The number of hydrogen-bond acceptors (Lipinski definition) is 5. The molecule has 0 bridgehead atoms. The van der Waals surface area contributed by atoms with Gasteiger partial charge < -0.3 is 9.57 Å². The highest BCUT2D eigenvalue weighted by Crippen LogP contribution is 2.41. The number of carbonyl (C=O) groups is 2. The van der Waals surface area contributed by atoms with Gasteiger partial charge in [-0.05, 0) is 70.2 Å². The predicted octanol–water partition coefficient (Wildman–Crippen LogP) is 5.85. The van der Waals surface area contributed by atoms with E-state index in [1.54, 1.807) is 0 Å². The van der Waals surface area contributed by atoms with Crippen LogP contribution >= 0.6 is 0 Å². The second-order valence-electron chi connectivity index (χ2n) is 9.43. The van der Waals surface area contributed by atoms with Gasteiger partial charge in [0.25, 0.3) is 0 Å². The lowest BCUT2D eigenvalue weighted by Gasteiger charge is -2.24. The van der Waals surface area contributed by atoms with Crippen molar-refractivity contribution in [3.63, 3.8) is 0 Å². The van der Waals surface area contributed by atoms with Crippen LogP contribution in [0.4, 0.5) is 0 Å². The van der Waals surface area contributed by atoms with Gasteiger partial charge in [0, 0.05) is 12.3 Å². The van der Waals surface area contributed by atoms with E-state index < -0.39 is 5.41 Å². The molecule has 0 heterocycles. The van der Waals surface area contributed by atoms with Crippen LogP contribution in [0.3, 0.4) is 0 Å². The molecule has 0 amide bonds. The topological polar surface area (TPSA) is 65.0 Å². The van der Waals surface area contributed by atoms with E-state index in [0.717, 1.165) is 33.5 Å². The van der Waals surface area contributed by atoms with Crippen LogP contribution < -0.4 is 0 Å². The molecule has 5 nitrogen and oxygen atoms in total. The number of ketones is 1. The van der Waals surface area contributed by atoms with Crippen molar-refractivity contribution < 1.29 is 19.2 Å². The van der Waals surface area contributed by atoms with Crippen LogP contribution in [-0.4, -0.2) is 24.6 Å². The molecule has 1 aliphatic rings. The van der Waals surface area contributed by atoms with E-state index in [4.69, 9.17) is 9.57 Å². The van der Waals surface area contributed by atoms with Crippen LogP contribution in [0.25, 0.3) is 5.57 Å². The second-order valence-corrected chi connectivity index (χ2v) is 9.43. The van der Waals surface area contributed by atoms with E-state index >= 15 is 0 Å². The van der Waals surface area contributed by atoms with E-state index in [-0.39, 0.29) is 17.7 Å². The summed E-state index contributed by atoms with van der Waals surface area (Å²) in [7, 11) is 1.49. The third-order valence-corrected chi connectivity index (χ3v) is 6.27. The maximum absolute atomic E-state index is 13.6. The monoisotopic (exact) mass is 447 g/mol. The van der Waals surface area contributed by atoms with E-state index in [9.17, 15) is 9.59 Å². The minimum absolute atomic E-state index is 0.0176. The van der Waals surface area contributed by atoms with Crippen molar-refractivity contribution >= 4 is 23.0 Å². The SMILES string of the molecule is CON=C(C)CC1CC(OC(=O)C(C)(C)c2ccccc2)=C(c2c(C)cc(C)cc2C)C1=O. The fraction of sp³-hybridized carbons (Fsp3) is 0.393. The Hall–Kier alpha value is -3.21. The van der Waals surface area contributed by atoms with E-state index in [1.807, 2.05) is 71.9 Å². The van der Waals surface area contributed by atoms with E-state index in [2.05, 4.69) is 17.3 Å². The van der Waals surface area contributed by atoms with Crippen LogP contribution in [0.2, 0.25) is 0 Å². The summed E-state index contributed by atoms with van der Waals surface area (Å²) in [6.07, 6.45) is 0.803. The van der Waals surface area contributed by atoms with Crippen molar-refractivity contribution in [1.82, 2.24) is 0 Å². The molecule has 0 saturated carbocycles. The summed E-state index contributed by atoms with van der Waals surface area (Å²) in [6.45, 7) is 11.5. The number of benzene rings is 2. The van der Waals surface area contributed by atoms with Crippen molar-refractivity contribution in [3.05, 3.63) is 76.0 Å². The van der Waals surface area contributed by atoms with Gasteiger partial charge in [0.1, 0.15) is 12.9 Å². The fourth-order valence-corrected chi connectivity index (χ4v) is 4.62. The van der Waals surface area contributed by atoms with E-state index in [1.165, 1.54) is 7.11 Å². The molecule has 0 saturated heterocycles. The number of allylic oxidation sites excluding steroid dienone is 2. The Morgan fingerprint density at radius 3 is 2.27 bits per heavy atom. The molecule has 5 heteroatoms. The summed E-state index contributed by atoms with van der Waals surface area (Å²) in [5.74, 6) is -0.295. The Labute approximate surface area is 196 Å². The summed E-state index contributed by atoms with van der Waals surface area (Å²) in [5.41, 5.74) is 5.22. The lowest BCUT2D eigenvalue weighted by Crippen LogP contribution is -2.31. The van der Waals surface area contributed by atoms with Crippen molar-refractivity contribution in [1.29, 1.82) is 0 Å². The van der Waals surface area contributed by atoms with Gasteiger partial charge in [0.2, 0.25) is 0 Å². The summed E-state index contributed by atoms with van der Waals surface area (Å²) in [4.78, 5) is 31.8. The minimum Gasteiger partial charge on any atom is -0.430 e. The van der Waals surface area contributed by atoms with Gasteiger partial charge in [-0.1, -0.05) is 53.2 Å². The first kappa shape index (κ1) is 24.4. The van der Waals surface area contributed by atoms with Crippen LogP contribution in [0.1, 0.15) is 61.4 Å². The van der Waals surface area contributed by atoms with Crippen LogP contribution in [0.5, 0.6) is 0 Å². The minimum atomic E-state index is -0.856. The number of rotatable bonds is 7. The molecule has 1 aliphatic carbocycles. The average molecular weight is 448 g/mol. The Morgan fingerprint density at radius 1 is 1.09 bits per heavy atom. The maximum Gasteiger partial charge on any atom is 0.321 e. The number of oxime groups is 1. The highest BCUT2D eigenvalue weighted by molar-refractivity contribution is 6.26. The zero-order chi connectivity index (χ0) is 24.3. The average Bonchev–Trinajstić information content (AvgIpc) is 3.03. The third-order valence-electron chi connectivity index (χ3n) is 6.27. The number of esters is 1. The van der Waals surface area contributed by atoms with Gasteiger partial charge in [0.15, 0.2) is 5.78 Å². The van der Waals surface area contributed by atoms with Crippen molar-refractivity contribution in [3.8, 4) is 0 Å². The van der Waals surface area contributed by atoms with Gasteiger partial charge in [-0.15, -0.1) is 0 Å². The van der Waals surface area contributed by atoms with Gasteiger partial charge >= 0.3 is 5.97 Å². The molecule has 2 aromatic rings. The highest BCUT2D eigenvalue weighted by atomic mass is 16.6. The lowest BCUT2D eigenvalue weighted by atomic mass is 9.85. The second kappa shape index (κ2) is 9.74. The molecule has 1 atom stereocenters. The Morgan fingerprint density at radius 2 is 1.70 bits per heavy atom. The molecule has 0 spiro atoms. The summed E-state index contributed by atoms with van der Waals surface area (Å²) in [5, 5.41) is 3.97. The number of hydrogen-bond donors (Lipinski definition) is 0. The normalized spacial score (nSPS) is 16.9. The third kappa shape index (κ3) is 5.08. The lowest BCUT2D eigenvalue weighted by molar-refractivity contribution is -0.145. The van der Waals surface area contributed by atoms with Crippen LogP contribution in [-0.2, 0) is 24.6 Å². The standard InChI is InChI=1S/C28H33NO4/c1-17-13-18(2)24(19(3)14-17)25-23(16-21(26(25)30)15-20(4)29-32-7)33-27(31)28(5,6)22-11-9-8-10-12-22/h8-14,21H,15-16H2,1-7H3. The molecule has 0 N–H and O–H groups in total. The maximum atomic E-state index is 13.6. The molecular weight excluding hydrogens is 414 g/mol. The van der Waals surface area contributed by atoms with Crippen molar-refractivity contribution in [2.45, 2.75) is 59.8 Å². The summed E-state index contributed by atoms with van der Waals surface area (Å²) in [6, 6.07) is 13.7. The van der Waals surface area contributed by atoms with Crippen LogP contribution in [0.15, 0.2) is 53.4 Å². The molecule has 0 radical (unpaired) electrons. The molecule has 3 rings (SSSR count). The van der Waals surface area contributed by atoms with Gasteiger partial charge in [-0.25, -0.2) is 0 Å². The van der Waals surface area contributed by atoms with Crippen LogP contribution in [0, 0.1) is 26.7 Å². The smallest absolute Gasteiger partial charge is 0.321 e. The fourth-order valence-electron chi connectivity index (χ4n) is 4.62. The summed E-state index contributed by atoms with van der Waals surface area (Å²) >= 11 is 0.